The fraction of sp³-hybridized carbons (Fsp3) is 0.208. The average molecular weight is 516 g/mol. The number of hydrogen-bond donors (Lipinski definition) is 0. The number of benzene rings is 3. The molecule has 5 rings (SSSR count). The predicted molar refractivity (Wildman–Crippen MR) is 126 cm³/mol. The highest BCUT2D eigenvalue weighted by Crippen LogP contribution is 2.37. The predicted octanol–water partition coefficient (Wildman–Crippen LogP) is 3.15. The maximum atomic E-state index is 13.4. The van der Waals surface area contributed by atoms with Crippen LogP contribution in [-0.4, -0.2) is 42.6 Å². The molecule has 3 aromatic carbocycles. The van der Waals surface area contributed by atoms with Gasteiger partial charge in [-0.15, -0.1) is 0 Å². The first-order chi connectivity index (χ1) is 16.8. The molecule has 182 valence electrons. The molecule has 2 aliphatic rings. The summed E-state index contributed by atoms with van der Waals surface area (Å²) in [7, 11) is -8.54. The van der Waals surface area contributed by atoms with E-state index in [1.165, 1.54) is 42.5 Å². The van der Waals surface area contributed by atoms with Crippen LogP contribution in [0.25, 0.3) is 0 Å². The SMILES string of the molecule is O=C(OS(=O)(=O)N1CCCc2ccc(S(=O)(=O)c3ccc4c(c3)OCCO4)cc21)c1ccccc1. The zero-order valence-electron chi connectivity index (χ0n) is 18.4. The molecule has 0 N–H and O–H groups in total. The maximum absolute atomic E-state index is 13.4. The van der Waals surface area contributed by atoms with E-state index in [0.29, 0.717) is 43.1 Å². The molecule has 0 radical (unpaired) electrons. The van der Waals surface area contributed by atoms with Crippen molar-refractivity contribution in [3.8, 4) is 11.5 Å². The van der Waals surface area contributed by atoms with E-state index in [-0.39, 0.29) is 27.6 Å². The van der Waals surface area contributed by atoms with E-state index >= 15 is 0 Å². The molecule has 35 heavy (non-hydrogen) atoms. The Bertz CT molecular complexity index is 1500. The van der Waals surface area contributed by atoms with E-state index in [1.807, 2.05) is 0 Å². The van der Waals surface area contributed by atoms with E-state index in [0.717, 1.165) is 4.31 Å². The summed E-state index contributed by atoms with van der Waals surface area (Å²) in [6.45, 7) is 0.734. The van der Waals surface area contributed by atoms with Gasteiger partial charge in [0.15, 0.2) is 11.5 Å². The molecule has 0 aliphatic carbocycles. The molecule has 9 nitrogen and oxygen atoms in total. The van der Waals surface area contributed by atoms with Crippen molar-refractivity contribution in [2.24, 2.45) is 0 Å². The van der Waals surface area contributed by atoms with Crippen molar-refractivity contribution in [2.75, 3.05) is 24.1 Å². The van der Waals surface area contributed by atoms with Crippen LogP contribution in [0.1, 0.15) is 22.3 Å². The second-order valence-electron chi connectivity index (χ2n) is 7.97. The van der Waals surface area contributed by atoms with Gasteiger partial charge in [0.05, 0.1) is 21.0 Å². The number of rotatable bonds is 5. The van der Waals surface area contributed by atoms with Gasteiger partial charge in [0.1, 0.15) is 13.2 Å². The molecule has 0 aromatic heterocycles. The van der Waals surface area contributed by atoms with Crippen molar-refractivity contribution in [1.82, 2.24) is 0 Å². The number of fused-ring (bicyclic) bond motifs is 2. The molecule has 0 atom stereocenters. The molecule has 0 spiro atoms. The Morgan fingerprint density at radius 1 is 0.829 bits per heavy atom. The molecule has 2 aliphatic heterocycles. The van der Waals surface area contributed by atoms with Crippen LogP contribution in [0.15, 0.2) is 76.5 Å². The summed E-state index contributed by atoms with van der Waals surface area (Å²) in [4.78, 5) is 12.3. The lowest BCUT2D eigenvalue weighted by atomic mass is 10.0. The second kappa shape index (κ2) is 8.90. The van der Waals surface area contributed by atoms with Crippen LogP contribution in [0.2, 0.25) is 0 Å². The van der Waals surface area contributed by atoms with Crippen LogP contribution in [0.4, 0.5) is 5.69 Å². The lowest BCUT2D eigenvalue weighted by Gasteiger charge is -2.29. The average Bonchev–Trinajstić information content (AvgIpc) is 2.88. The summed E-state index contributed by atoms with van der Waals surface area (Å²) in [5.41, 5.74) is 0.885. The molecule has 0 bridgehead atoms. The molecule has 3 aromatic rings. The Hall–Kier alpha value is -3.57. The second-order valence-corrected chi connectivity index (χ2v) is 11.4. The van der Waals surface area contributed by atoms with E-state index < -0.39 is 26.1 Å². The third kappa shape index (κ3) is 4.44. The van der Waals surface area contributed by atoms with Gasteiger partial charge in [0.25, 0.3) is 0 Å². The van der Waals surface area contributed by atoms with Gasteiger partial charge in [-0.3, -0.25) is 0 Å². The number of anilines is 1. The molecule has 0 unspecified atom stereocenters. The van der Waals surface area contributed by atoms with Crippen LogP contribution in [0.3, 0.4) is 0 Å². The molecule has 0 amide bonds. The van der Waals surface area contributed by atoms with E-state index in [4.69, 9.17) is 13.7 Å². The van der Waals surface area contributed by atoms with Gasteiger partial charge in [0.2, 0.25) is 9.84 Å². The maximum Gasteiger partial charge on any atom is 0.412 e. The van der Waals surface area contributed by atoms with Crippen LogP contribution in [-0.2, 0) is 30.7 Å². The Morgan fingerprint density at radius 3 is 2.29 bits per heavy atom. The van der Waals surface area contributed by atoms with Crippen LogP contribution < -0.4 is 13.8 Å². The standard InChI is InChI=1S/C24H21NO8S2/c26-24(18-5-2-1-3-6-18)33-35(29,30)25-12-4-7-17-8-9-19(15-21(17)25)34(27,28)20-10-11-22-23(16-20)32-14-13-31-22/h1-3,5-6,8-11,15-16H,4,7,12-14H2. The number of nitrogens with zero attached hydrogens (tertiary/aromatic N) is 1. The topological polar surface area (TPSA) is 116 Å². The normalized spacial score (nSPS) is 15.3. The van der Waals surface area contributed by atoms with E-state index in [9.17, 15) is 21.6 Å². The van der Waals surface area contributed by atoms with Gasteiger partial charge < -0.3 is 13.7 Å². The summed E-state index contributed by atoms with van der Waals surface area (Å²) in [6, 6.07) is 16.4. The van der Waals surface area contributed by atoms with Crippen molar-refractivity contribution in [3.63, 3.8) is 0 Å². The smallest absolute Gasteiger partial charge is 0.412 e. The number of aryl methyl sites for hydroxylation is 1. The number of carbonyl (C=O) groups excluding carboxylic acids is 1. The molecule has 0 saturated heterocycles. The highest BCUT2D eigenvalue weighted by molar-refractivity contribution is 7.91. The first-order valence-electron chi connectivity index (χ1n) is 10.8. The summed E-state index contributed by atoms with van der Waals surface area (Å²) in [5.74, 6) is -0.233. The summed E-state index contributed by atoms with van der Waals surface area (Å²) in [6.07, 6.45) is 1.04. The molecular weight excluding hydrogens is 494 g/mol. The lowest BCUT2D eigenvalue weighted by molar-refractivity contribution is 0.0746. The zero-order chi connectivity index (χ0) is 24.6. The minimum absolute atomic E-state index is 0.0116. The number of sulfone groups is 1. The zero-order valence-corrected chi connectivity index (χ0v) is 20.0. The monoisotopic (exact) mass is 515 g/mol. The molecule has 11 heteroatoms. The van der Waals surface area contributed by atoms with Gasteiger partial charge in [0, 0.05) is 12.6 Å². The largest absolute Gasteiger partial charge is 0.486 e. The van der Waals surface area contributed by atoms with Crippen molar-refractivity contribution in [3.05, 3.63) is 77.9 Å². The first kappa shape index (κ1) is 23.2. The summed E-state index contributed by atoms with van der Waals surface area (Å²) >= 11 is 0. The number of carbonyl (C=O) groups is 1. The third-order valence-electron chi connectivity index (χ3n) is 5.73. The Morgan fingerprint density at radius 2 is 1.51 bits per heavy atom. The lowest BCUT2D eigenvalue weighted by Crippen LogP contribution is -2.38. The minimum Gasteiger partial charge on any atom is -0.486 e. The highest BCUT2D eigenvalue weighted by atomic mass is 32.2. The van der Waals surface area contributed by atoms with Gasteiger partial charge >= 0.3 is 16.3 Å². The molecule has 2 heterocycles. The van der Waals surface area contributed by atoms with Crippen molar-refractivity contribution >= 4 is 31.8 Å². The van der Waals surface area contributed by atoms with Gasteiger partial charge in [-0.2, -0.15) is 8.42 Å². The van der Waals surface area contributed by atoms with Gasteiger partial charge in [-0.1, -0.05) is 24.3 Å². The summed E-state index contributed by atoms with van der Waals surface area (Å²) < 4.78 is 69.6. The number of ether oxygens (including phenoxy) is 2. The minimum atomic E-state index is -4.53. The Kier molecular flexibility index (Phi) is 5.89. The van der Waals surface area contributed by atoms with Crippen LogP contribution in [0, 0.1) is 0 Å². The fourth-order valence-corrected chi connectivity index (χ4v) is 6.45. The fourth-order valence-electron chi connectivity index (χ4n) is 4.01. The first-order valence-corrected chi connectivity index (χ1v) is 13.7. The molecule has 0 saturated carbocycles. The quantitative estimate of drug-likeness (QED) is 0.509. The highest BCUT2D eigenvalue weighted by Gasteiger charge is 2.33. The summed E-state index contributed by atoms with van der Waals surface area (Å²) in [5, 5.41) is 0. The van der Waals surface area contributed by atoms with Gasteiger partial charge in [-0.05, 0) is 54.8 Å². The van der Waals surface area contributed by atoms with E-state index in [2.05, 4.69) is 0 Å². The van der Waals surface area contributed by atoms with Crippen molar-refractivity contribution in [2.45, 2.75) is 22.6 Å². The van der Waals surface area contributed by atoms with E-state index in [1.54, 1.807) is 24.3 Å². The Balaban J connectivity index is 1.49. The Labute approximate surface area is 203 Å². The number of hydrogen-bond acceptors (Lipinski definition) is 8. The molecular formula is C24H21NO8S2. The van der Waals surface area contributed by atoms with Crippen LogP contribution in [0.5, 0.6) is 11.5 Å². The van der Waals surface area contributed by atoms with Crippen molar-refractivity contribution in [1.29, 1.82) is 0 Å². The molecule has 0 fully saturated rings. The van der Waals surface area contributed by atoms with Crippen LogP contribution >= 0.6 is 0 Å². The van der Waals surface area contributed by atoms with Gasteiger partial charge in [-0.25, -0.2) is 17.5 Å². The van der Waals surface area contributed by atoms with Crippen molar-refractivity contribution < 1.29 is 35.3 Å². The third-order valence-corrected chi connectivity index (χ3v) is 8.76.